The third-order valence-electron chi connectivity index (χ3n) is 3.45. The van der Waals surface area contributed by atoms with Gasteiger partial charge in [-0.1, -0.05) is 40.2 Å². The number of hydrogen-bond donors (Lipinski definition) is 1. The van der Waals surface area contributed by atoms with Gasteiger partial charge < -0.3 is 14.8 Å². The highest BCUT2D eigenvalue weighted by atomic mass is 79.9. The van der Waals surface area contributed by atoms with Crippen LogP contribution in [-0.2, 0) is 6.54 Å². The molecule has 3 rings (SSSR count). The number of hydrogen-bond acceptors (Lipinski definition) is 3. The van der Waals surface area contributed by atoms with E-state index >= 15 is 0 Å². The molecule has 1 heterocycles. The summed E-state index contributed by atoms with van der Waals surface area (Å²) in [6.07, 6.45) is 0. The first-order valence-electron chi connectivity index (χ1n) is 6.60. The molecule has 104 valence electrons. The summed E-state index contributed by atoms with van der Waals surface area (Å²) in [5, 5.41) is 3.51. The largest absolute Gasteiger partial charge is 0.454 e. The molecule has 3 nitrogen and oxygen atoms in total. The minimum absolute atomic E-state index is 0.279. The van der Waals surface area contributed by atoms with Crippen LogP contribution >= 0.6 is 15.9 Å². The lowest BCUT2D eigenvalue weighted by molar-refractivity contribution is 0.173. The minimum Gasteiger partial charge on any atom is -0.454 e. The molecule has 2 aromatic rings. The number of nitrogens with one attached hydrogen (secondary N) is 1. The lowest BCUT2D eigenvalue weighted by Gasteiger charge is -2.15. The predicted octanol–water partition coefficient (Wildman–Crippen LogP) is 4.03. The van der Waals surface area contributed by atoms with E-state index in [1.807, 2.05) is 12.1 Å². The van der Waals surface area contributed by atoms with E-state index in [9.17, 15) is 0 Å². The molecule has 1 atom stereocenters. The molecule has 0 spiro atoms. The van der Waals surface area contributed by atoms with Gasteiger partial charge in [0, 0.05) is 22.6 Å². The smallest absolute Gasteiger partial charge is 0.231 e. The van der Waals surface area contributed by atoms with Crippen LogP contribution in [0.4, 0.5) is 0 Å². The van der Waals surface area contributed by atoms with Crippen LogP contribution in [-0.4, -0.2) is 6.79 Å². The second kappa shape index (κ2) is 5.85. The maximum atomic E-state index is 5.51. The topological polar surface area (TPSA) is 30.5 Å². The maximum Gasteiger partial charge on any atom is 0.231 e. The molecule has 0 bridgehead atoms. The molecule has 0 fully saturated rings. The van der Waals surface area contributed by atoms with Gasteiger partial charge in [0.1, 0.15) is 0 Å². The maximum absolute atomic E-state index is 5.51. The molecule has 1 aliphatic heterocycles. The average molecular weight is 334 g/mol. The van der Waals surface area contributed by atoms with Crippen molar-refractivity contribution in [2.75, 3.05) is 6.79 Å². The highest BCUT2D eigenvalue weighted by Gasteiger charge is 2.17. The SMILES string of the molecule is C[C@H](NCc1cccc2c1OCO2)c1ccc(Br)cc1. The van der Waals surface area contributed by atoms with E-state index in [-0.39, 0.29) is 6.04 Å². The molecular weight excluding hydrogens is 318 g/mol. The van der Waals surface area contributed by atoms with E-state index in [0.717, 1.165) is 28.1 Å². The number of halogens is 1. The number of rotatable bonds is 4. The summed E-state index contributed by atoms with van der Waals surface area (Å²) in [4.78, 5) is 0. The normalized spacial score (nSPS) is 14.3. The third-order valence-corrected chi connectivity index (χ3v) is 3.98. The van der Waals surface area contributed by atoms with Crippen molar-refractivity contribution in [3.05, 3.63) is 58.1 Å². The van der Waals surface area contributed by atoms with Gasteiger partial charge in [0.15, 0.2) is 11.5 Å². The van der Waals surface area contributed by atoms with Crippen LogP contribution in [0.25, 0.3) is 0 Å². The molecule has 0 radical (unpaired) electrons. The molecular formula is C16H16BrNO2. The van der Waals surface area contributed by atoms with Gasteiger partial charge in [0.05, 0.1) is 0 Å². The van der Waals surface area contributed by atoms with Crippen LogP contribution < -0.4 is 14.8 Å². The Bertz CT molecular complexity index is 598. The molecule has 1 N–H and O–H groups in total. The zero-order valence-corrected chi connectivity index (χ0v) is 12.8. The van der Waals surface area contributed by atoms with E-state index in [0.29, 0.717) is 6.79 Å². The van der Waals surface area contributed by atoms with Crippen molar-refractivity contribution >= 4 is 15.9 Å². The van der Waals surface area contributed by atoms with Crippen LogP contribution in [0.2, 0.25) is 0 Å². The van der Waals surface area contributed by atoms with Crippen LogP contribution in [0.5, 0.6) is 11.5 Å². The van der Waals surface area contributed by atoms with E-state index in [2.05, 4.69) is 58.5 Å². The molecule has 0 aliphatic carbocycles. The van der Waals surface area contributed by atoms with Gasteiger partial charge in [0.2, 0.25) is 6.79 Å². The van der Waals surface area contributed by atoms with Crippen molar-refractivity contribution in [3.63, 3.8) is 0 Å². The Labute approximate surface area is 127 Å². The van der Waals surface area contributed by atoms with Crippen molar-refractivity contribution in [3.8, 4) is 11.5 Å². The first-order chi connectivity index (χ1) is 9.74. The molecule has 20 heavy (non-hydrogen) atoms. The summed E-state index contributed by atoms with van der Waals surface area (Å²) in [5.41, 5.74) is 2.39. The van der Waals surface area contributed by atoms with E-state index < -0.39 is 0 Å². The summed E-state index contributed by atoms with van der Waals surface area (Å²) in [6.45, 7) is 3.22. The molecule has 0 saturated heterocycles. The number of para-hydroxylation sites is 1. The predicted molar refractivity (Wildman–Crippen MR) is 82.0 cm³/mol. The van der Waals surface area contributed by atoms with Crippen molar-refractivity contribution < 1.29 is 9.47 Å². The van der Waals surface area contributed by atoms with Gasteiger partial charge in [-0.25, -0.2) is 0 Å². The molecule has 0 saturated carbocycles. The Morgan fingerprint density at radius 2 is 1.95 bits per heavy atom. The quantitative estimate of drug-likeness (QED) is 0.916. The number of benzene rings is 2. The van der Waals surface area contributed by atoms with Gasteiger partial charge in [0.25, 0.3) is 0 Å². The number of fused-ring (bicyclic) bond motifs is 1. The molecule has 0 unspecified atom stereocenters. The van der Waals surface area contributed by atoms with Crippen LogP contribution in [0.3, 0.4) is 0 Å². The molecule has 2 aromatic carbocycles. The lowest BCUT2D eigenvalue weighted by atomic mass is 10.1. The summed E-state index contributed by atoms with van der Waals surface area (Å²) < 4.78 is 12.0. The second-order valence-electron chi connectivity index (χ2n) is 4.81. The second-order valence-corrected chi connectivity index (χ2v) is 5.72. The molecule has 0 amide bonds. The van der Waals surface area contributed by atoms with Crippen molar-refractivity contribution in [1.82, 2.24) is 5.32 Å². The van der Waals surface area contributed by atoms with Gasteiger partial charge in [-0.2, -0.15) is 0 Å². The van der Waals surface area contributed by atoms with Crippen LogP contribution in [0, 0.1) is 0 Å². The summed E-state index contributed by atoms with van der Waals surface area (Å²) in [5.74, 6) is 1.70. The van der Waals surface area contributed by atoms with Gasteiger partial charge in [-0.15, -0.1) is 0 Å². The zero-order chi connectivity index (χ0) is 13.9. The minimum atomic E-state index is 0.279. The van der Waals surface area contributed by atoms with Crippen LogP contribution in [0.1, 0.15) is 24.1 Å². The monoisotopic (exact) mass is 333 g/mol. The Morgan fingerprint density at radius 3 is 2.75 bits per heavy atom. The van der Waals surface area contributed by atoms with E-state index in [1.54, 1.807) is 0 Å². The first kappa shape index (κ1) is 13.5. The highest BCUT2D eigenvalue weighted by Crippen LogP contribution is 2.35. The first-order valence-corrected chi connectivity index (χ1v) is 7.39. The van der Waals surface area contributed by atoms with Crippen molar-refractivity contribution in [2.45, 2.75) is 19.5 Å². The summed E-state index contributed by atoms with van der Waals surface area (Å²) in [7, 11) is 0. The fourth-order valence-corrected chi connectivity index (χ4v) is 2.53. The third kappa shape index (κ3) is 2.81. The Morgan fingerprint density at radius 1 is 1.15 bits per heavy atom. The number of ether oxygens (including phenoxy) is 2. The van der Waals surface area contributed by atoms with Crippen LogP contribution in [0.15, 0.2) is 46.9 Å². The van der Waals surface area contributed by atoms with E-state index in [4.69, 9.17) is 9.47 Å². The summed E-state index contributed by atoms with van der Waals surface area (Å²) >= 11 is 3.45. The highest BCUT2D eigenvalue weighted by molar-refractivity contribution is 9.10. The van der Waals surface area contributed by atoms with Gasteiger partial charge in [-0.05, 0) is 30.7 Å². The van der Waals surface area contributed by atoms with Crippen molar-refractivity contribution in [1.29, 1.82) is 0 Å². The van der Waals surface area contributed by atoms with Gasteiger partial charge in [-0.3, -0.25) is 0 Å². The fraction of sp³-hybridized carbons (Fsp3) is 0.250. The zero-order valence-electron chi connectivity index (χ0n) is 11.2. The Kier molecular flexibility index (Phi) is 3.94. The van der Waals surface area contributed by atoms with Crippen molar-refractivity contribution in [2.24, 2.45) is 0 Å². The average Bonchev–Trinajstić information content (AvgIpc) is 2.94. The van der Waals surface area contributed by atoms with E-state index in [1.165, 1.54) is 5.56 Å². The molecule has 4 heteroatoms. The summed E-state index contributed by atoms with van der Waals surface area (Å²) in [6, 6.07) is 14.6. The lowest BCUT2D eigenvalue weighted by Crippen LogP contribution is -2.18. The Balaban J connectivity index is 1.68. The van der Waals surface area contributed by atoms with Gasteiger partial charge >= 0.3 is 0 Å². The molecule has 0 aromatic heterocycles. The fourth-order valence-electron chi connectivity index (χ4n) is 2.26. The molecule has 1 aliphatic rings. The standard InChI is InChI=1S/C16H16BrNO2/c1-11(12-5-7-14(17)8-6-12)18-9-13-3-2-4-15-16(13)20-10-19-15/h2-8,11,18H,9-10H2,1H3/t11-/m0/s1. The Hall–Kier alpha value is -1.52.